The first kappa shape index (κ1) is 5.86. The smallest absolute Gasteiger partial charge is 0.278 e. The van der Waals surface area contributed by atoms with E-state index in [1.54, 1.807) is 13.8 Å². The predicted octanol–water partition coefficient (Wildman–Crippen LogP) is 1.28. The monoisotopic (exact) mass is 150 g/mol. The molecular formula is C4H7O4P. The maximum absolute atomic E-state index is 10.8. The Morgan fingerprint density at radius 3 is 2.22 bits per heavy atom. The Kier molecular flexibility index (Phi) is 0.814. The van der Waals surface area contributed by atoms with Crippen molar-refractivity contribution in [3.63, 3.8) is 0 Å². The molecule has 0 aromatic rings. The van der Waals surface area contributed by atoms with Gasteiger partial charge in [0.05, 0.1) is 0 Å². The van der Waals surface area contributed by atoms with Crippen LogP contribution in [0, 0.1) is 0 Å². The Bertz CT molecular complexity index is 182. The quantitative estimate of drug-likeness (QED) is 0.488. The summed E-state index contributed by atoms with van der Waals surface area (Å²) in [6.07, 6.45) is -0.205. The van der Waals surface area contributed by atoms with E-state index in [2.05, 4.69) is 0 Å². The molecule has 0 saturated carbocycles. The van der Waals surface area contributed by atoms with Crippen molar-refractivity contribution in [2.24, 2.45) is 0 Å². The first-order valence-electron chi connectivity index (χ1n) is 2.74. The normalized spacial score (nSPS) is 63.6. The van der Waals surface area contributed by atoms with E-state index in [1.807, 2.05) is 0 Å². The zero-order valence-electron chi connectivity index (χ0n) is 5.16. The molecule has 0 radical (unpaired) electrons. The van der Waals surface area contributed by atoms with E-state index in [4.69, 9.17) is 13.6 Å². The molecule has 0 N–H and O–H groups in total. The van der Waals surface area contributed by atoms with Crippen molar-refractivity contribution in [2.45, 2.75) is 25.7 Å². The van der Waals surface area contributed by atoms with Gasteiger partial charge < -0.3 is 0 Å². The molecule has 3 heterocycles. The SMILES string of the molecule is CC1OP2(=O)OC1(C)O2. The third kappa shape index (κ3) is 0.567. The van der Waals surface area contributed by atoms with Gasteiger partial charge in [-0.3, -0.25) is 13.6 Å². The second kappa shape index (κ2) is 1.25. The second-order valence-corrected chi connectivity index (χ2v) is 3.86. The Hall–Kier alpha value is 0.110. The molecular weight excluding hydrogens is 143 g/mol. The number of phosphoric ester groups is 1. The molecule has 0 aromatic carbocycles. The van der Waals surface area contributed by atoms with Crippen molar-refractivity contribution in [1.82, 2.24) is 0 Å². The fraction of sp³-hybridized carbons (Fsp3) is 1.00. The van der Waals surface area contributed by atoms with Crippen molar-refractivity contribution < 1.29 is 18.1 Å². The van der Waals surface area contributed by atoms with E-state index in [0.717, 1.165) is 0 Å². The number of fused-ring (bicyclic) bond motifs is 1. The minimum Gasteiger partial charge on any atom is -0.278 e. The summed E-state index contributed by atoms with van der Waals surface area (Å²) in [6.45, 7) is 3.48. The molecule has 2 bridgehead atoms. The summed E-state index contributed by atoms with van der Waals surface area (Å²) in [5.74, 6) is -0.727. The van der Waals surface area contributed by atoms with E-state index in [-0.39, 0.29) is 6.10 Å². The van der Waals surface area contributed by atoms with E-state index in [1.165, 1.54) is 0 Å². The van der Waals surface area contributed by atoms with Crippen LogP contribution in [0.3, 0.4) is 0 Å². The number of rotatable bonds is 0. The van der Waals surface area contributed by atoms with Crippen LogP contribution in [0.25, 0.3) is 0 Å². The molecule has 0 aromatic heterocycles. The Morgan fingerprint density at radius 2 is 2.11 bits per heavy atom. The molecule has 0 spiro atoms. The highest BCUT2D eigenvalue weighted by Gasteiger charge is 2.66. The molecule has 52 valence electrons. The fourth-order valence-electron chi connectivity index (χ4n) is 0.932. The molecule has 1 atom stereocenters. The lowest BCUT2D eigenvalue weighted by molar-refractivity contribution is -0.165. The highest BCUT2D eigenvalue weighted by molar-refractivity contribution is 7.50. The number of hydrogen-bond donors (Lipinski definition) is 0. The summed E-state index contributed by atoms with van der Waals surface area (Å²) in [4.78, 5) is 0. The molecule has 3 aliphatic rings. The van der Waals surface area contributed by atoms with Gasteiger partial charge >= 0.3 is 7.82 Å². The second-order valence-electron chi connectivity index (χ2n) is 2.39. The minimum absolute atomic E-state index is 0.205. The maximum Gasteiger partial charge on any atom is 0.480 e. The van der Waals surface area contributed by atoms with E-state index in [9.17, 15) is 4.57 Å². The van der Waals surface area contributed by atoms with Gasteiger partial charge in [-0.2, -0.15) is 0 Å². The van der Waals surface area contributed by atoms with E-state index >= 15 is 0 Å². The summed E-state index contributed by atoms with van der Waals surface area (Å²) in [7, 11) is -3.02. The van der Waals surface area contributed by atoms with Crippen molar-refractivity contribution in [2.75, 3.05) is 0 Å². The third-order valence-corrected chi connectivity index (χ3v) is 3.36. The van der Waals surface area contributed by atoms with Crippen molar-refractivity contribution >= 4 is 7.82 Å². The van der Waals surface area contributed by atoms with E-state index in [0.29, 0.717) is 0 Å². The molecule has 5 heteroatoms. The fourth-order valence-corrected chi connectivity index (χ4v) is 2.80. The van der Waals surface area contributed by atoms with Gasteiger partial charge in [0.1, 0.15) is 6.10 Å². The molecule has 3 fully saturated rings. The lowest BCUT2D eigenvalue weighted by Crippen LogP contribution is -2.39. The van der Waals surface area contributed by atoms with Gasteiger partial charge in [-0.05, 0) is 13.8 Å². The number of phosphoric acid groups is 1. The van der Waals surface area contributed by atoms with Crippen LogP contribution < -0.4 is 0 Å². The van der Waals surface area contributed by atoms with Crippen molar-refractivity contribution in [1.29, 1.82) is 0 Å². The van der Waals surface area contributed by atoms with Crippen LogP contribution in [-0.2, 0) is 18.1 Å². The summed E-state index contributed by atoms with van der Waals surface area (Å²) < 4.78 is 25.4. The molecule has 3 rings (SSSR count). The van der Waals surface area contributed by atoms with Crippen LogP contribution in [-0.4, -0.2) is 11.9 Å². The molecule has 3 saturated heterocycles. The molecule has 4 nitrogen and oxygen atoms in total. The third-order valence-electron chi connectivity index (χ3n) is 1.61. The lowest BCUT2D eigenvalue weighted by atomic mass is 10.2. The Labute approximate surface area is 52.7 Å². The summed E-state index contributed by atoms with van der Waals surface area (Å²) in [5.41, 5.74) is 0. The van der Waals surface area contributed by atoms with Crippen molar-refractivity contribution in [3.8, 4) is 0 Å². The Morgan fingerprint density at radius 1 is 1.56 bits per heavy atom. The lowest BCUT2D eigenvalue weighted by Gasteiger charge is -2.31. The summed E-state index contributed by atoms with van der Waals surface area (Å²) in [5, 5.41) is 0. The highest BCUT2D eigenvalue weighted by atomic mass is 31.2. The molecule has 3 aliphatic heterocycles. The predicted molar refractivity (Wildman–Crippen MR) is 28.7 cm³/mol. The first-order valence-corrected chi connectivity index (χ1v) is 4.20. The maximum atomic E-state index is 10.8. The highest BCUT2D eigenvalue weighted by Crippen LogP contribution is 2.73. The molecule has 0 aliphatic carbocycles. The van der Waals surface area contributed by atoms with Gasteiger partial charge in [0.15, 0.2) is 0 Å². The minimum atomic E-state index is -3.02. The van der Waals surface area contributed by atoms with Gasteiger partial charge in [0.25, 0.3) is 0 Å². The van der Waals surface area contributed by atoms with Gasteiger partial charge in [-0.1, -0.05) is 0 Å². The van der Waals surface area contributed by atoms with Crippen LogP contribution in [0.2, 0.25) is 0 Å². The van der Waals surface area contributed by atoms with Gasteiger partial charge in [0.2, 0.25) is 5.79 Å². The molecule has 1 unspecified atom stereocenters. The van der Waals surface area contributed by atoms with Crippen LogP contribution >= 0.6 is 7.82 Å². The topological polar surface area (TPSA) is 44.8 Å². The molecule has 0 amide bonds. The van der Waals surface area contributed by atoms with Gasteiger partial charge in [-0.25, -0.2) is 4.57 Å². The standard InChI is InChI=1S/C4H7O4P/c1-3-4(2)7-9(5,6-3)8-4/h3H,1-2H3. The van der Waals surface area contributed by atoms with Gasteiger partial charge in [0, 0.05) is 0 Å². The summed E-state index contributed by atoms with van der Waals surface area (Å²) >= 11 is 0. The van der Waals surface area contributed by atoms with Crippen LogP contribution in [0.4, 0.5) is 0 Å². The summed E-state index contributed by atoms with van der Waals surface area (Å²) in [6, 6.07) is 0. The van der Waals surface area contributed by atoms with Crippen molar-refractivity contribution in [3.05, 3.63) is 0 Å². The number of hydrogen-bond acceptors (Lipinski definition) is 4. The van der Waals surface area contributed by atoms with Crippen LogP contribution in [0.5, 0.6) is 0 Å². The zero-order valence-corrected chi connectivity index (χ0v) is 6.05. The average Bonchev–Trinajstić information content (AvgIpc) is 1.85. The van der Waals surface area contributed by atoms with E-state index < -0.39 is 13.6 Å². The van der Waals surface area contributed by atoms with Gasteiger partial charge in [-0.15, -0.1) is 0 Å². The largest absolute Gasteiger partial charge is 0.480 e. The zero-order chi connectivity index (χ0) is 6.70. The average molecular weight is 150 g/mol. The van der Waals surface area contributed by atoms with Crippen LogP contribution in [0.1, 0.15) is 13.8 Å². The first-order chi connectivity index (χ1) is 4.04. The Balaban J connectivity index is 2.34. The molecule has 9 heavy (non-hydrogen) atoms. The van der Waals surface area contributed by atoms with Crippen LogP contribution in [0.15, 0.2) is 0 Å².